The van der Waals surface area contributed by atoms with E-state index in [-0.39, 0.29) is 0 Å². The fourth-order valence-electron chi connectivity index (χ4n) is 2.77. The van der Waals surface area contributed by atoms with E-state index in [4.69, 9.17) is 4.74 Å². The second kappa shape index (κ2) is 8.95. The molecule has 0 aliphatic carbocycles. The lowest BCUT2D eigenvalue weighted by Gasteiger charge is -2.07. The first kappa shape index (κ1) is 19.3. The smallest absolute Gasteiger partial charge is 0.156 e. The predicted octanol–water partition coefficient (Wildman–Crippen LogP) is 6.84. The van der Waals surface area contributed by atoms with E-state index in [0.29, 0.717) is 11.5 Å². The van der Waals surface area contributed by atoms with Crippen LogP contribution in [-0.4, -0.2) is 4.98 Å². The number of fused-ring (bicyclic) bond motifs is 1. The Labute approximate surface area is 178 Å². The van der Waals surface area contributed by atoms with E-state index >= 15 is 0 Å². The maximum atomic E-state index is 9.57. The average Bonchev–Trinajstić information content (AvgIpc) is 3.15. The Bertz CT molecular complexity index is 1170. The monoisotopic (exact) mass is 414 g/mol. The van der Waals surface area contributed by atoms with Gasteiger partial charge in [-0.05, 0) is 60.2 Å². The minimum atomic E-state index is 0.513. The van der Waals surface area contributed by atoms with Crippen LogP contribution in [0.3, 0.4) is 0 Å². The quantitative estimate of drug-likeness (QED) is 0.256. The molecule has 29 heavy (non-hydrogen) atoms. The van der Waals surface area contributed by atoms with Crippen LogP contribution in [0.4, 0.5) is 0 Å². The molecule has 0 radical (unpaired) electrons. The molecule has 0 saturated heterocycles. The number of hydrogen-bond acceptors (Lipinski definition) is 5. The Kier molecular flexibility index (Phi) is 5.95. The molecule has 4 aromatic rings. The lowest BCUT2D eigenvalue weighted by molar-refractivity contribution is 0.306. The number of hydrogen-bond donors (Lipinski definition) is 0. The SMILES string of the molecule is Cc1ccc(COc2cccc(/C=C(\C#N)Sc3nc4ccccc4s3)c2)cc1. The summed E-state index contributed by atoms with van der Waals surface area (Å²) in [5.74, 6) is 0.779. The molecule has 3 aromatic carbocycles. The first-order chi connectivity index (χ1) is 14.2. The first-order valence-electron chi connectivity index (χ1n) is 9.13. The second-order valence-electron chi connectivity index (χ2n) is 6.52. The highest BCUT2D eigenvalue weighted by Crippen LogP contribution is 2.34. The zero-order valence-electron chi connectivity index (χ0n) is 15.8. The van der Waals surface area contributed by atoms with Crippen LogP contribution in [-0.2, 0) is 6.61 Å². The van der Waals surface area contributed by atoms with Gasteiger partial charge in [0.25, 0.3) is 0 Å². The van der Waals surface area contributed by atoms with Crippen molar-refractivity contribution in [2.45, 2.75) is 17.9 Å². The van der Waals surface area contributed by atoms with Crippen molar-refractivity contribution in [2.24, 2.45) is 0 Å². The van der Waals surface area contributed by atoms with E-state index in [9.17, 15) is 5.26 Å². The largest absolute Gasteiger partial charge is 0.489 e. The van der Waals surface area contributed by atoms with Gasteiger partial charge < -0.3 is 4.74 Å². The number of aryl methyl sites for hydroxylation is 1. The second-order valence-corrected chi connectivity index (χ2v) is 8.84. The topological polar surface area (TPSA) is 45.9 Å². The van der Waals surface area contributed by atoms with E-state index in [1.165, 1.54) is 17.3 Å². The highest BCUT2D eigenvalue weighted by molar-refractivity contribution is 8.05. The molecule has 0 saturated carbocycles. The number of rotatable bonds is 6. The minimum Gasteiger partial charge on any atom is -0.489 e. The molecule has 0 fully saturated rings. The van der Waals surface area contributed by atoms with Gasteiger partial charge >= 0.3 is 0 Å². The van der Waals surface area contributed by atoms with Crippen LogP contribution in [0.5, 0.6) is 5.75 Å². The lowest BCUT2D eigenvalue weighted by Crippen LogP contribution is -1.95. The molecular weight excluding hydrogens is 396 g/mol. The zero-order chi connectivity index (χ0) is 20.1. The highest BCUT2D eigenvalue weighted by Gasteiger charge is 2.07. The van der Waals surface area contributed by atoms with E-state index in [1.807, 2.05) is 54.6 Å². The number of benzene rings is 3. The third-order valence-electron chi connectivity index (χ3n) is 4.26. The van der Waals surface area contributed by atoms with Crippen molar-refractivity contribution in [1.82, 2.24) is 4.98 Å². The van der Waals surface area contributed by atoms with Gasteiger partial charge in [-0.3, -0.25) is 0 Å². The Morgan fingerprint density at radius 1 is 1.10 bits per heavy atom. The van der Waals surface area contributed by atoms with E-state index in [0.717, 1.165) is 31.4 Å². The molecule has 4 rings (SSSR count). The van der Waals surface area contributed by atoms with Crippen LogP contribution in [0.25, 0.3) is 16.3 Å². The molecule has 0 atom stereocenters. The Balaban J connectivity index is 1.47. The summed E-state index contributed by atoms with van der Waals surface area (Å²) in [6.07, 6.45) is 1.87. The summed E-state index contributed by atoms with van der Waals surface area (Å²) < 4.78 is 7.91. The van der Waals surface area contributed by atoms with Gasteiger partial charge in [-0.25, -0.2) is 4.98 Å². The normalized spacial score (nSPS) is 11.4. The minimum absolute atomic E-state index is 0.513. The summed E-state index contributed by atoms with van der Waals surface area (Å²) in [6.45, 7) is 2.58. The van der Waals surface area contributed by atoms with Crippen molar-refractivity contribution in [1.29, 1.82) is 5.26 Å². The molecule has 3 nitrogen and oxygen atoms in total. The summed E-state index contributed by atoms with van der Waals surface area (Å²) in [4.78, 5) is 5.19. The summed E-state index contributed by atoms with van der Waals surface area (Å²) >= 11 is 2.99. The summed E-state index contributed by atoms with van der Waals surface area (Å²) in [7, 11) is 0. The molecule has 5 heteroatoms. The number of para-hydroxylation sites is 1. The van der Waals surface area contributed by atoms with Gasteiger partial charge in [0.15, 0.2) is 4.34 Å². The molecule has 0 bridgehead atoms. The number of allylic oxidation sites excluding steroid dienone is 1. The van der Waals surface area contributed by atoms with Gasteiger partial charge in [0.1, 0.15) is 18.4 Å². The molecule has 0 spiro atoms. The number of aromatic nitrogens is 1. The Morgan fingerprint density at radius 2 is 1.93 bits per heavy atom. The average molecular weight is 415 g/mol. The van der Waals surface area contributed by atoms with Gasteiger partial charge in [-0.15, -0.1) is 11.3 Å². The standard InChI is InChI=1S/C24H18N2OS2/c1-17-9-11-18(12-10-17)16-27-20-6-4-5-19(13-20)14-21(15-25)28-24-26-22-7-2-3-8-23(22)29-24/h2-14H,16H2,1H3/b21-14+. The number of thiazole rings is 1. The maximum absolute atomic E-state index is 9.57. The van der Waals surface area contributed by atoms with Crippen molar-refractivity contribution in [3.63, 3.8) is 0 Å². The predicted molar refractivity (Wildman–Crippen MR) is 121 cm³/mol. The van der Waals surface area contributed by atoms with Gasteiger partial charge in [-0.1, -0.05) is 54.1 Å². The number of ether oxygens (including phenoxy) is 1. The van der Waals surface area contributed by atoms with Crippen molar-refractivity contribution in [3.05, 3.63) is 94.4 Å². The fourth-order valence-corrected chi connectivity index (χ4v) is 4.74. The molecule has 1 aromatic heterocycles. The Hall–Kier alpha value is -3.07. The van der Waals surface area contributed by atoms with E-state index in [1.54, 1.807) is 11.3 Å². The Morgan fingerprint density at radius 3 is 2.72 bits per heavy atom. The lowest BCUT2D eigenvalue weighted by atomic mass is 10.1. The van der Waals surface area contributed by atoms with Crippen molar-refractivity contribution in [2.75, 3.05) is 0 Å². The summed E-state index contributed by atoms with van der Waals surface area (Å²) in [6, 6.07) is 26.4. The van der Waals surface area contributed by atoms with Crippen molar-refractivity contribution >= 4 is 39.4 Å². The van der Waals surface area contributed by atoms with Crippen LogP contribution in [0.2, 0.25) is 0 Å². The van der Waals surface area contributed by atoms with E-state index in [2.05, 4.69) is 42.2 Å². The van der Waals surface area contributed by atoms with E-state index < -0.39 is 0 Å². The van der Waals surface area contributed by atoms with Gasteiger partial charge in [0.05, 0.1) is 15.1 Å². The van der Waals surface area contributed by atoms with Crippen LogP contribution in [0, 0.1) is 18.3 Å². The summed E-state index contributed by atoms with van der Waals surface area (Å²) in [5, 5.41) is 9.57. The van der Waals surface area contributed by atoms with Crippen molar-refractivity contribution in [3.8, 4) is 11.8 Å². The number of nitriles is 1. The van der Waals surface area contributed by atoms with Crippen LogP contribution < -0.4 is 4.74 Å². The maximum Gasteiger partial charge on any atom is 0.156 e. The highest BCUT2D eigenvalue weighted by atomic mass is 32.2. The molecular formula is C24H18N2OS2. The molecule has 142 valence electrons. The van der Waals surface area contributed by atoms with Gasteiger partial charge in [-0.2, -0.15) is 5.26 Å². The van der Waals surface area contributed by atoms with Gasteiger partial charge in [0.2, 0.25) is 0 Å². The third-order valence-corrected chi connectivity index (χ3v) is 6.29. The van der Waals surface area contributed by atoms with Crippen LogP contribution in [0.15, 0.2) is 82.0 Å². The first-order valence-corrected chi connectivity index (χ1v) is 10.8. The molecule has 0 aliphatic rings. The van der Waals surface area contributed by atoms with Crippen LogP contribution in [0.1, 0.15) is 16.7 Å². The third kappa shape index (κ3) is 5.05. The zero-order valence-corrected chi connectivity index (χ0v) is 17.5. The van der Waals surface area contributed by atoms with Gasteiger partial charge in [0, 0.05) is 0 Å². The summed E-state index contributed by atoms with van der Waals surface area (Å²) in [5.41, 5.74) is 4.25. The number of thioether (sulfide) groups is 1. The molecule has 1 heterocycles. The molecule has 0 amide bonds. The fraction of sp³-hybridized carbons (Fsp3) is 0.0833. The molecule has 0 unspecified atom stereocenters. The van der Waals surface area contributed by atoms with Crippen molar-refractivity contribution < 1.29 is 4.74 Å². The number of nitrogens with zero attached hydrogens (tertiary/aromatic N) is 2. The molecule has 0 N–H and O–H groups in total. The molecule has 0 aliphatic heterocycles. The van der Waals surface area contributed by atoms with Crippen LogP contribution >= 0.6 is 23.1 Å².